The normalized spacial score (nSPS) is 34.9. The number of benzene rings is 1. The van der Waals surface area contributed by atoms with Crippen molar-refractivity contribution in [1.29, 1.82) is 0 Å². The highest BCUT2D eigenvalue weighted by Gasteiger charge is 2.50. The van der Waals surface area contributed by atoms with Crippen molar-refractivity contribution in [2.24, 2.45) is 23.2 Å². The number of H-pyrrole nitrogens is 1. The summed E-state index contributed by atoms with van der Waals surface area (Å²) in [5, 5.41) is 3.38. The van der Waals surface area contributed by atoms with Gasteiger partial charge in [-0.1, -0.05) is 18.2 Å². The van der Waals surface area contributed by atoms with Crippen LogP contribution in [0.1, 0.15) is 44.2 Å². The van der Waals surface area contributed by atoms with Gasteiger partial charge in [0, 0.05) is 11.8 Å². The number of rotatable bonds is 3. The van der Waals surface area contributed by atoms with E-state index in [0.29, 0.717) is 5.41 Å². The summed E-state index contributed by atoms with van der Waals surface area (Å²) in [4.78, 5) is 12.4. The van der Waals surface area contributed by atoms with Crippen LogP contribution in [0.3, 0.4) is 0 Å². The molecular weight excluding hydrogens is 284 g/mol. The molecule has 2 aromatic rings. The molecule has 0 aliphatic heterocycles. The minimum Gasteiger partial charge on any atom is -0.295 e. The van der Waals surface area contributed by atoms with Crippen molar-refractivity contribution < 1.29 is 0 Å². The molecule has 4 aliphatic carbocycles. The molecule has 3 heteroatoms. The first-order valence-corrected chi connectivity index (χ1v) is 9.05. The summed E-state index contributed by atoms with van der Waals surface area (Å²) in [6, 6.07) is 11.7. The van der Waals surface area contributed by atoms with Gasteiger partial charge in [0.2, 0.25) is 0 Å². The molecular formula is C20H24N2O. The first-order valence-electron chi connectivity index (χ1n) is 9.05. The van der Waals surface area contributed by atoms with Crippen molar-refractivity contribution in [1.82, 2.24) is 9.78 Å². The zero-order valence-corrected chi connectivity index (χ0v) is 13.5. The van der Waals surface area contributed by atoms with E-state index in [1.54, 1.807) is 4.68 Å². The van der Waals surface area contributed by atoms with Crippen molar-refractivity contribution >= 4 is 0 Å². The standard InChI is InChI=1S/C20H24N2O/c23-19-9-17(21-22(19)18-4-2-1-3-5-18)13-20-10-14-6-15(11-20)8-16(7-14)12-20/h1-5,9,14-16,21H,6-8,10-13H2. The second-order valence-electron chi connectivity index (χ2n) is 8.38. The molecule has 4 saturated carbocycles. The number of hydrogen-bond acceptors (Lipinski definition) is 1. The molecule has 1 heterocycles. The number of aromatic amines is 1. The minimum absolute atomic E-state index is 0.0657. The molecule has 0 spiro atoms. The van der Waals surface area contributed by atoms with Crippen molar-refractivity contribution in [3.8, 4) is 5.69 Å². The summed E-state index contributed by atoms with van der Waals surface area (Å²) in [6.07, 6.45) is 9.64. The van der Waals surface area contributed by atoms with Crippen LogP contribution in [0, 0.1) is 23.2 Å². The Morgan fingerprint density at radius 3 is 2.22 bits per heavy atom. The highest BCUT2D eigenvalue weighted by Crippen LogP contribution is 2.60. The molecule has 0 radical (unpaired) electrons. The second-order valence-corrected chi connectivity index (χ2v) is 8.38. The summed E-state index contributed by atoms with van der Waals surface area (Å²) in [6.45, 7) is 0. The molecule has 0 unspecified atom stereocenters. The number of para-hydroxylation sites is 1. The SMILES string of the molecule is O=c1cc(CC23CC4CC(CC(C4)C2)C3)[nH]n1-c1ccccc1. The maximum atomic E-state index is 12.4. The summed E-state index contributed by atoms with van der Waals surface area (Å²) < 4.78 is 1.69. The van der Waals surface area contributed by atoms with Crippen molar-refractivity contribution in [2.45, 2.75) is 44.9 Å². The lowest BCUT2D eigenvalue weighted by Gasteiger charge is -2.57. The highest BCUT2D eigenvalue weighted by atomic mass is 16.1. The van der Waals surface area contributed by atoms with E-state index < -0.39 is 0 Å². The van der Waals surface area contributed by atoms with Gasteiger partial charge in [-0.25, -0.2) is 4.68 Å². The molecule has 0 amide bonds. The van der Waals surface area contributed by atoms with E-state index >= 15 is 0 Å². The van der Waals surface area contributed by atoms with Crippen LogP contribution in [-0.4, -0.2) is 9.78 Å². The Kier molecular flexibility index (Phi) is 2.88. The first-order chi connectivity index (χ1) is 11.2. The van der Waals surface area contributed by atoms with Crippen LogP contribution < -0.4 is 5.56 Å². The maximum Gasteiger partial charge on any atom is 0.271 e. The smallest absolute Gasteiger partial charge is 0.271 e. The third-order valence-corrected chi connectivity index (χ3v) is 6.52. The van der Waals surface area contributed by atoms with E-state index in [0.717, 1.165) is 35.6 Å². The van der Waals surface area contributed by atoms with Gasteiger partial charge in [0.15, 0.2) is 0 Å². The maximum absolute atomic E-state index is 12.4. The number of aromatic nitrogens is 2. The van der Waals surface area contributed by atoms with Gasteiger partial charge in [-0.05, 0) is 80.2 Å². The summed E-state index contributed by atoms with van der Waals surface area (Å²) in [5.74, 6) is 2.89. The fourth-order valence-corrected chi connectivity index (χ4v) is 6.21. The molecule has 120 valence electrons. The topological polar surface area (TPSA) is 37.8 Å². The van der Waals surface area contributed by atoms with Crippen LogP contribution in [0.25, 0.3) is 5.69 Å². The van der Waals surface area contributed by atoms with E-state index in [1.165, 1.54) is 38.5 Å². The fraction of sp³-hybridized carbons (Fsp3) is 0.550. The largest absolute Gasteiger partial charge is 0.295 e. The van der Waals surface area contributed by atoms with E-state index in [2.05, 4.69) is 5.10 Å². The average Bonchev–Trinajstić information content (AvgIpc) is 2.86. The van der Waals surface area contributed by atoms with Gasteiger partial charge < -0.3 is 0 Å². The van der Waals surface area contributed by atoms with E-state index in [1.807, 2.05) is 36.4 Å². The quantitative estimate of drug-likeness (QED) is 0.916. The Morgan fingerprint density at radius 1 is 1.00 bits per heavy atom. The third-order valence-electron chi connectivity index (χ3n) is 6.52. The van der Waals surface area contributed by atoms with Gasteiger partial charge in [0.25, 0.3) is 5.56 Å². The van der Waals surface area contributed by atoms with Gasteiger partial charge in [-0.15, -0.1) is 0 Å². The molecule has 23 heavy (non-hydrogen) atoms. The Hall–Kier alpha value is -1.77. The minimum atomic E-state index is 0.0657. The Balaban J connectivity index is 1.44. The van der Waals surface area contributed by atoms with Crippen molar-refractivity contribution in [3.63, 3.8) is 0 Å². The summed E-state index contributed by atoms with van der Waals surface area (Å²) >= 11 is 0. The van der Waals surface area contributed by atoms with Crippen LogP contribution in [0.4, 0.5) is 0 Å². The van der Waals surface area contributed by atoms with Crippen LogP contribution >= 0.6 is 0 Å². The molecule has 0 saturated heterocycles. The Bertz CT molecular complexity index is 735. The van der Waals surface area contributed by atoms with Crippen LogP contribution in [0.15, 0.2) is 41.2 Å². The monoisotopic (exact) mass is 308 g/mol. The van der Waals surface area contributed by atoms with Gasteiger partial charge in [0.05, 0.1) is 5.69 Å². The molecule has 0 atom stereocenters. The molecule has 4 aliphatic rings. The summed E-state index contributed by atoms with van der Waals surface area (Å²) in [7, 11) is 0. The number of nitrogens with zero attached hydrogens (tertiary/aromatic N) is 1. The highest BCUT2D eigenvalue weighted by molar-refractivity contribution is 5.30. The lowest BCUT2D eigenvalue weighted by molar-refractivity contribution is -0.0526. The molecule has 3 nitrogen and oxygen atoms in total. The lowest BCUT2D eigenvalue weighted by atomic mass is 9.48. The van der Waals surface area contributed by atoms with Crippen LogP contribution in [0.5, 0.6) is 0 Å². The zero-order valence-electron chi connectivity index (χ0n) is 13.5. The van der Waals surface area contributed by atoms with Crippen LogP contribution in [0.2, 0.25) is 0 Å². The Morgan fingerprint density at radius 2 is 1.61 bits per heavy atom. The van der Waals surface area contributed by atoms with Gasteiger partial charge in [0.1, 0.15) is 0 Å². The van der Waals surface area contributed by atoms with Gasteiger partial charge in [-0.2, -0.15) is 0 Å². The fourth-order valence-electron chi connectivity index (χ4n) is 6.21. The van der Waals surface area contributed by atoms with Gasteiger partial charge in [-0.3, -0.25) is 9.89 Å². The van der Waals surface area contributed by atoms with E-state index in [4.69, 9.17) is 0 Å². The lowest BCUT2D eigenvalue weighted by Crippen LogP contribution is -2.47. The summed E-state index contributed by atoms with van der Waals surface area (Å²) in [5.41, 5.74) is 2.59. The third kappa shape index (κ3) is 2.29. The molecule has 4 bridgehead atoms. The van der Waals surface area contributed by atoms with Gasteiger partial charge >= 0.3 is 0 Å². The average molecular weight is 308 g/mol. The molecule has 1 aromatic heterocycles. The van der Waals surface area contributed by atoms with Crippen LogP contribution in [-0.2, 0) is 6.42 Å². The first kappa shape index (κ1) is 13.6. The Labute approximate surface area is 136 Å². The second kappa shape index (κ2) is 4.86. The van der Waals surface area contributed by atoms with E-state index in [9.17, 15) is 4.79 Å². The predicted octanol–water partition coefficient (Wildman–Crippen LogP) is 3.92. The predicted molar refractivity (Wildman–Crippen MR) is 90.7 cm³/mol. The molecule has 1 N–H and O–H groups in total. The molecule has 1 aromatic carbocycles. The molecule has 4 fully saturated rings. The molecule has 6 rings (SSSR count). The zero-order chi connectivity index (χ0) is 15.4. The number of nitrogens with one attached hydrogen (secondary N) is 1. The number of hydrogen-bond donors (Lipinski definition) is 1. The van der Waals surface area contributed by atoms with Crippen molar-refractivity contribution in [2.75, 3.05) is 0 Å². The van der Waals surface area contributed by atoms with Crippen molar-refractivity contribution in [3.05, 3.63) is 52.4 Å². The van der Waals surface area contributed by atoms with E-state index in [-0.39, 0.29) is 5.56 Å².